The Morgan fingerprint density at radius 2 is 1.96 bits per heavy atom. The number of methoxy groups -OCH3 is 2. The highest BCUT2D eigenvalue weighted by Gasteiger charge is 2.30. The fraction of sp³-hybridized carbons (Fsp3) is 0.435. The third kappa shape index (κ3) is 4.47. The lowest BCUT2D eigenvalue weighted by molar-refractivity contribution is -0.131. The van der Waals surface area contributed by atoms with Gasteiger partial charge in [0, 0.05) is 25.2 Å². The molecule has 1 fully saturated rings. The van der Waals surface area contributed by atoms with Crippen LogP contribution in [0.4, 0.5) is 0 Å². The number of carbonyl (C=O) groups excluding carboxylic acids is 1. The van der Waals surface area contributed by atoms with E-state index in [1.54, 1.807) is 14.2 Å². The summed E-state index contributed by atoms with van der Waals surface area (Å²) in [6, 6.07) is 14.3. The Bertz CT molecular complexity index is 821. The van der Waals surface area contributed by atoms with Crippen molar-refractivity contribution in [2.75, 3.05) is 34.4 Å². The maximum Gasteiger partial charge on any atom is 0.236 e. The lowest BCUT2D eigenvalue weighted by Gasteiger charge is -2.28. The summed E-state index contributed by atoms with van der Waals surface area (Å²) in [4.78, 5) is 17.0. The molecular formula is C23H30N2O3. The third-order valence-electron chi connectivity index (χ3n) is 5.59. The minimum atomic E-state index is 0.136. The highest BCUT2D eigenvalue weighted by molar-refractivity contribution is 5.78. The second-order valence-corrected chi connectivity index (χ2v) is 7.41. The molecule has 0 aliphatic carbocycles. The maximum atomic E-state index is 12.9. The maximum absolute atomic E-state index is 12.9. The Labute approximate surface area is 167 Å². The van der Waals surface area contributed by atoms with Crippen molar-refractivity contribution in [2.24, 2.45) is 0 Å². The molecule has 0 aromatic heterocycles. The zero-order chi connectivity index (χ0) is 20.1. The number of likely N-dealkylation sites (tertiary alicyclic amines) is 1. The van der Waals surface area contributed by atoms with Gasteiger partial charge in [0.1, 0.15) is 11.5 Å². The van der Waals surface area contributed by atoms with E-state index in [4.69, 9.17) is 9.47 Å². The molecule has 1 aliphatic rings. The molecule has 28 heavy (non-hydrogen) atoms. The van der Waals surface area contributed by atoms with Gasteiger partial charge in [-0.15, -0.1) is 0 Å². The number of likely N-dealkylation sites (N-methyl/N-ethyl adjacent to an activating group) is 1. The van der Waals surface area contributed by atoms with Gasteiger partial charge in [0.15, 0.2) is 0 Å². The minimum Gasteiger partial charge on any atom is -0.497 e. The molecular weight excluding hydrogens is 352 g/mol. The number of carbonyl (C=O) groups is 1. The lowest BCUT2D eigenvalue weighted by Crippen LogP contribution is -2.38. The van der Waals surface area contributed by atoms with Crippen molar-refractivity contribution in [1.29, 1.82) is 0 Å². The van der Waals surface area contributed by atoms with E-state index >= 15 is 0 Å². The van der Waals surface area contributed by atoms with Gasteiger partial charge in [0.25, 0.3) is 0 Å². The van der Waals surface area contributed by atoms with Crippen LogP contribution in [0.5, 0.6) is 11.5 Å². The Morgan fingerprint density at radius 3 is 2.68 bits per heavy atom. The number of aryl methyl sites for hydroxylation is 1. The molecule has 0 N–H and O–H groups in total. The van der Waals surface area contributed by atoms with Gasteiger partial charge in [-0.1, -0.05) is 24.3 Å². The number of rotatable bonds is 7. The van der Waals surface area contributed by atoms with Gasteiger partial charge in [-0.3, -0.25) is 9.69 Å². The summed E-state index contributed by atoms with van der Waals surface area (Å²) in [6.07, 6.45) is 2.08. The van der Waals surface area contributed by atoms with Gasteiger partial charge in [0.2, 0.25) is 5.91 Å². The molecule has 5 nitrogen and oxygen atoms in total. The van der Waals surface area contributed by atoms with Crippen LogP contribution in [-0.2, 0) is 11.3 Å². The van der Waals surface area contributed by atoms with Gasteiger partial charge in [-0.05, 0) is 55.6 Å². The smallest absolute Gasteiger partial charge is 0.236 e. The van der Waals surface area contributed by atoms with Crippen LogP contribution < -0.4 is 9.47 Å². The summed E-state index contributed by atoms with van der Waals surface area (Å²) in [5.74, 6) is 1.79. The highest BCUT2D eigenvalue weighted by atomic mass is 16.5. The molecule has 0 spiro atoms. The second kappa shape index (κ2) is 9.11. The van der Waals surface area contributed by atoms with E-state index in [0.29, 0.717) is 13.1 Å². The van der Waals surface area contributed by atoms with Crippen LogP contribution in [0.3, 0.4) is 0 Å². The number of benzene rings is 2. The van der Waals surface area contributed by atoms with Gasteiger partial charge in [0.05, 0.1) is 20.8 Å². The zero-order valence-electron chi connectivity index (χ0n) is 17.3. The number of ether oxygens (including phenoxy) is 2. The summed E-state index contributed by atoms with van der Waals surface area (Å²) < 4.78 is 11.0. The molecule has 150 valence electrons. The van der Waals surface area contributed by atoms with Crippen molar-refractivity contribution in [3.8, 4) is 11.5 Å². The van der Waals surface area contributed by atoms with E-state index in [1.807, 2.05) is 42.3 Å². The number of hydrogen-bond acceptors (Lipinski definition) is 4. The molecule has 5 heteroatoms. The Morgan fingerprint density at radius 1 is 1.18 bits per heavy atom. The van der Waals surface area contributed by atoms with Crippen molar-refractivity contribution in [3.63, 3.8) is 0 Å². The van der Waals surface area contributed by atoms with Gasteiger partial charge in [-0.25, -0.2) is 0 Å². The SMILES string of the molecule is COc1ccc(OC)c(C2CCCN2CC(=O)N(C)Cc2ccccc2C)c1. The summed E-state index contributed by atoms with van der Waals surface area (Å²) in [5, 5.41) is 0. The predicted octanol–water partition coefficient (Wildman–Crippen LogP) is 3.81. The first kappa shape index (κ1) is 20.2. The summed E-state index contributed by atoms with van der Waals surface area (Å²) in [7, 11) is 5.24. The van der Waals surface area contributed by atoms with Crippen LogP contribution in [0.25, 0.3) is 0 Å². The monoisotopic (exact) mass is 382 g/mol. The molecule has 3 rings (SSSR count). The van der Waals surface area contributed by atoms with Gasteiger partial charge >= 0.3 is 0 Å². The number of amides is 1. The topological polar surface area (TPSA) is 42.0 Å². The van der Waals surface area contributed by atoms with Crippen molar-refractivity contribution in [2.45, 2.75) is 32.4 Å². The lowest BCUT2D eigenvalue weighted by atomic mass is 10.0. The van der Waals surface area contributed by atoms with E-state index < -0.39 is 0 Å². The average molecular weight is 383 g/mol. The second-order valence-electron chi connectivity index (χ2n) is 7.41. The van der Waals surface area contributed by atoms with E-state index in [-0.39, 0.29) is 11.9 Å². The standard InChI is InChI=1S/C23H30N2O3/c1-17-8-5-6-9-18(17)15-24(2)23(26)16-25-13-7-10-21(25)20-14-19(27-3)11-12-22(20)28-4/h5-6,8-9,11-12,14,21H,7,10,13,15-16H2,1-4H3. The van der Waals surface area contributed by atoms with E-state index in [9.17, 15) is 4.79 Å². The molecule has 2 aromatic carbocycles. The Balaban J connectivity index is 1.71. The van der Waals surface area contributed by atoms with Crippen LogP contribution in [0.15, 0.2) is 42.5 Å². The van der Waals surface area contributed by atoms with Crippen molar-refractivity contribution in [1.82, 2.24) is 9.80 Å². The molecule has 1 amide bonds. The molecule has 0 radical (unpaired) electrons. The summed E-state index contributed by atoms with van der Waals surface area (Å²) >= 11 is 0. The fourth-order valence-corrected chi connectivity index (χ4v) is 3.89. The summed E-state index contributed by atoms with van der Waals surface area (Å²) in [5.41, 5.74) is 3.49. The van der Waals surface area contributed by atoms with E-state index in [0.717, 1.165) is 36.4 Å². The number of nitrogens with zero attached hydrogens (tertiary/aromatic N) is 2. The van der Waals surface area contributed by atoms with E-state index in [2.05, 4.69) is 24.0 Å². The van der Waals surface area contributed by atoms with Crippen molar-refractivity contribution in [3.05, 3.63) is 59.2 Å². The van der Waals surface area contributed by atoms with Crippen LogP contribution in [0, 0.1) is 6.92 Å². The van der Waals surface area contributed by atoms with Crippen LogP contribution in [-0.4, -0.2) is 50.1 Å². The number of hydrogen-bond donors (Lipinski definition) is 0. The molecule has 1 aliphatic heterocycles. The molecule has 1 unspecified atom stereocenters. The van der Waals surface area contributed by atoms with E-state index in [1.165, 1.54) is 11.1 Å². The third-order valence-corrected chi connectivity index (χ3v) is 5.59. The highest BCUT2D eigenvalue weighted by Crippen LogP contribution is 2.38. The minimum absolute atomic E-state index is 0.136. The zero-order valence-corrected chi connectivity index (χ0v) is 17.3. The van der Waals surface area contributed by atoms with Crippen LogP contribution in [0.2, 0.25) is 0 Å². The van der Waals surface area contributed by atoms with Crippen molar-refractivity contribution < 1.29 is 14.3 Å². The van der Waals surface area contributed by atoms with Gasteiger partial charge in [-0.2, -0.15) is 0 Å². The molecule has 2 aromatic rings. The fourth-order valence-electron chi connectivity index (χ4n) is 3.89. The Hall–Kier alpha value is -2.53. The van der Waals surface area contributed by atoms with Crippen LogP contribution in [0.1, 0.15) is 35.6 Å². The molecule has 1 heterocycles. The largest absolute Gasteiger partial charge is 0.497 e. The quantitative estimate of drug-likeness (QED) is 0.730. The first-order valence-electron chi connectivity index (χ1n) is 9.78. The molecule has 0 bridgehead atoms. The Kier molecular flexibility index (Phi) is 6.57. The van der Waals surface area contributed by atoms with Gasteiger partial charge < -0.3 is 14.4 Å². The van der Waals surface area contributed by atoms with Crippen molar-refractivity contribution >= 4 is 5.91 Å². The first-order chi connectivity index (χ1) is 13.5. The first-order valence-corrected chi connectivity index (χ1v) is 9.78. The van der Waals surface area contributed by atoms with Crippen LogP contribution >= 0.6 is 0 Å². The molecule has 1 atom stereocenters. The predicted molar refractivity (Wildman–Crippen MR) is 111 cm³/mol. The molecule has 1 saturated heterocycles. The summed E-state index contributed by atoms with van der Waals surface area (Å²) in [6.45, 7) is 4.04. The average Bonchev–Trinajstić information content (AvgIpc) is 3.17. The normalized spacial score (nSPS) is 16.8. The molecule has 0 saturated carbocycles.